The number of nitrogens with two attached hydrogens (primary N) is 1. The SMILES string of the molecule is CN(CC(=O)NC(C)(C)C)C(=O)CC1(N)CCCCC1. The molecule has 1 aliphatic rings. The second kappa shape index (κ2) is 6.57. The lowest BCUT2D eigenvalue weighted by atomic mass is 9.80. The van der Waals surface area contributed by atoms with Gasteiger partial charge in [0.2, 0.25) is 11.8 Å². The minimum absolute atomic E-state index is 0.0431. The molecule has 1 aliphatic carbocycles. The van der Waals surface area contributed by atoms with E-state index >= 15 is 0 Å². The largest absolute Gasteiger partial charge is 0.350 e. The topological polar surface area (TPSA) is 75.4 Å². The van der Waals surface area contributed by atoms with Gasteiger partial charge in [0.1, 0.15) is 0 Å². The molecule has 0 unspecified atom stereocenters. The zero-order chi connectivity index (χ0) is 15.4. The van der Waals surface area contributed by atoms with Crippen LogP contribution >= 0.6 is 0 Å². The van der Waals surface area contributed by atoms with Gasteiger partial charge in [0.05, 0.1) is 6.54 Å². The van der Waals surface area contributed by atoms with E-state index in [0.717, 1.165) is 25.7 Å². The number of rotatable bonds is 4. The molecule has 0 radical (unpaired) electrons. The van der Waals surface area contributed by atoms with Crippen LogP contribution in [0.15, 0.2) is 0 Å². The predicted molar refractivity (Wildman–Crippen MR) is 80.2 cm³/mol. The van der Waals surface area contributed by atoms with Crippen LogP contribution in [0.25, 0.3) is 0 Å². The highest BCUT2D eigenvalue weighted by molar-refractivity contribution is 5.85. The third-order valence-corrected chi connectivity index (χ3v) is 3.67. The Hall–Kier alpha value is -1.10. The second-order valence-corrected chi connectivity index (χ2v) is 7.15. The van der Waals surface area contributed by atoms with Crippen molar-refractivity contribution in [2.45, 2.75) is 70.4 Å². The van der Waals surface area contributed by atoms with Crippen LogP contribution in [-0.4, -0.2) is 41.4 Å². The summed E-state index contributed by atoms with van der Waals surface area (Å²) in [4.78, 5) is 25.5. The molecule has 0 bridgehead atoms. The summed E-state index contributed by atoms with van der Waals surface area (Å²) in [6.07, 6.45) is 5.54. The van der Waals surface area contributed by atoms with E-state index in [1.165, 1.54) is 11.3 Å². The molecule has 116 valence electrons. The Kier molecular flexibility index (Phi) is 5.57. The number of carbonyl (C=O) groups excluding carboxylic acids is 2. The van der Waals surface area contributed by atoms with Gasteiger partial charge in [-0.25, -0.2) is 0 Å². The van der Waals surface area contributed by atoms with Crippen molar-refractivity contribution < 1.29 is 9.59 Å². The Morgan fingerprint density at radius 3 is 2.25 bits per heavy atom. The van der Waals surface area contributed by atoms with Crippen molar-refractivity contribution in [3.63, 3.8) is 0 Å². The summed E-state index contributed by atoms with van der Waals surface area (Å²) < 4.78 is 0. The molecule has 2 amide bonds. The third-order valence-electron chi connectivity index (χ3n) is 3.67. The van der Waals surface area contributed by atoms with Crippen LogP contribution in [-0.2, 0) is 9.59 Å². The fourth-order valence-corrected chi connectivity index (χ4v) is 2.63. The van der Waals surface area contributed by atoms with Gasteiger partial charge >= 0.3 is 0 Å². The van der Waals surface area contributed by atoms with Crippen molar-refractivity contribution in [1.82, 2.24) is 10.2 Å². The molecule has 1 saturated carbocycles. The van der Waals surface area contributed by atoms with Crippen molar-refractivity contribution in [2.75, 3.05) is 13.6 Å². The van der Waals surface area contributed by atoms with Gasteiger partial charge in [0.15, 0.2) is 0 Å². The first-order valence-electron chi connectivity index (χ1n) is 7.45. The number of nitrogens with one attached hydrogen (secondary N) is 1. The maximum Gasteiger partial charge on any atom is 0.240 e. The minimum Gasteiger partial charge on any atom is -0.350 e. The van der Waals surface area contributed by atoms with E-state index in [1.807, 2.05) is 20.8 Å². The second-order valence-electron chi connectivity index (χ2n) is 7.15. The lowest BCUT2D eigenvalue weighted by Crippen LogP contribution is -2.49. The summed E-state index contributed by atoms with van der Waals surface area (Å²) in [6, 6.07) is 0. The number of hydrogen-bond acceptors (Lipinski definition) is 3. The van der Waals surface area contributed by atoms with E-state index in [2.05, 4.69) is 5.32 Å². The zero-order valence-electron chi connectivity index (χ0n) is 13.3. The van der Waals surface area contributed by atoms with E-state index in [4.69, 9.17) is 5.73 Å². The fourth-order valence-electron chi connectivity index (χ4n) is 2.63. The van der Waals surface area contributed by atoms with E-state index in [9.17, 15) is 9.59 Å². The summed E-state index contributed by atoms with van der Waals surface area (Å²) in [5.41, 5.74) is 5.63. The molecule has 5 heteroatoms. The van der Waals surface area contributed by atoms with Gasteiger partial charge in [-0.1, -0.05) is 19.3 Å². The molecular formula is C15H29N3O2. The highest BCUT2D eigenvalue weighted by atomic mass is 16.2. The summed E-state index contributed by atoms with van der Waals surface area (Å²) in [5, 5.41) is 2.85. The zero-order valence-corrected chi connectivity index (χ0v) is 13.3. The first-order valence-corrected chi connectivity index (χ1v) is 7.45. The van der Waals surface area contributed by atoms with Crippen LogP contribution in [0, 0.1) is 0 Å². The fraction of sp³-hybridized carbons (Fsp3) is 0.867. The average Bonchev–Trinajstić information content (AvgIpc) is 2.26. The van der Waals surface area contributed by atoms with Crippen LogP contribution < -0.4 is 11.1 Å². The van der Waals surface area contributed by atoms with Crippen molar-refractivity contribution in [2.24, 2.45) is 5.73 Å². The maximum atomic E-state index is 12.2. The summed E-state index contributed by atoms with van der Waals surface area (Å²) in [6.45, 7) is 5.85. The number of hydrogen-bond donors (Lipinski definition) is 2. The Balaban J connectivity index is 2.44. The monoisotopic (exact) mass is 283 g/mol. The molecule has 0 aliphatic heterocycles. The van der Waals surface area contributed by atoms with Crippen molar-refractivity contribution in [1.29, 1.82) is 0 Å². The average molecular weight is 283 g/mol. The van der Waals surface area contributed by atoms with E-state index in [0.29, 0.717) is 6.42 Å². The van der Waals surface area contributed by atoms with E-state index in [1.54, 1.807) is 7.05 Å². The molecule has 1 fully saturated rings. The first-order chi connectivity index (χ1) is 9.11. The molecule has 0 aromatic heterocycles. The number of carbonyl (C=O) groups is 2. The molecule has 20 heavy (non-hydrogen) atoms. The molecule has 0 heterocycles. The number of likely N-dealkylation sites (N-methyl/N-ethyl adjacent to an activating group) is 1. The molecule has 0 atom stereocenters. The van der Waals surface area contributed by atoms with Crippen LogP contribution in [0.4, 0.5) is 0 Å². The summed E-state index contributed by atoms with van der Waals surface area (Å²) in [5.74, 6) is -0.179. The van der Waals surface area contributed by atoms with Gasteiger partial charge in [-0.2, -0.15) is 0 Å². The van der Waals surface area contributed by atoms with Crippen LogP contribution in [0.1, 0.15) is 59.3 Å². The van der Waals surface area contributed by atoms with Gasteiger partial charge < -0.3 is 16.0 Å². The van der Waals surface area contributed by atoms with Gasteiger partial charge in [-0.05, 0) is 33.6 Å². The first kappa shape index (κ1) is 17.0. The maximum absolute atomic E-state index is 12.2. The molecule has 0 aromatic carbocycles. The van der Waals surface area contributed by atoms with Crippen molar-refractivity contribution in [3.8, 4) is 0 Å². The smallest absolute Gasteiger partial charge is 0.240 e. The summed E-state index contributed by atoms with van der Waals surface area (Å²) >= 11 is 0. The van der Waals surface area contributed by atoms with Crippen LogP contribution in [0.2, 0.25) is 0 Å². The molecule has 1 rings (SSSR count). The lowest BCUT2D eigenvalue weighted by Gasteiger charge is -2.34. The summed E-state index contributed by atoms with van der Waals surface area (Å²) in [7, 11) is 1.66. The number of amides is 2. The lowest BCUT2D eigenvalue weighted by molar-refractivity contribution is -0.136. The standard InChI is InChI=1S/C15H29N3O2/c1-14(2,3)17-12(19)11-18(4)13(20)10-15(16)8-6-5-7-9-15/h5-11,16H2,1-4H3,(H,17,19). The molecule has 0 spiro atoms. The van der Waals surface area contributed by atoms with Crippen molar-refractivity contribution in [3.05, 3.63) is 0 Å². The molecule has 5 nitrogen and oxygen atoms in total. The Morgan fingerprint density at radius 1 is 1.20 bits per heavy atom. The van der Waals surface area contributed by atoms with Gasteiger partial charge in [0.25, 0.3) is 0 Å². The highest BCUT2D eigenvalue weighted by Gasteiger charge is 2.31. The van der Waals surface area contributed by atoms with Gasteiger partial charge in [0, 0.05) is 24.5 Å². The van der Waals surface area contributed by atoms with Crippen molar-refractivity contribution >= 4 is 11.8 Å². The quantitative estimate of drug-likeness (QED) is 0.819. The Morgan fingerprint density at radius 2 is 1.75 bits per heavy atom. The Bertz CT molecular complexity index is 355. The predicted octanol–water partition coefficient (Wildman–Crippen LogP) is 1.41. The Labute approximate surface area is 122 Å². The number of nitrogens with zero attached hydrogens (tertiary/aromatic N) is 1. The normalized spacial score (nSPS) is 18.4. The third kappa shape index (κ3) is 5.90. The molecule has 3 N–H and O–H groups in total. The molecule has 0 aromatic rings. The molecular weight excluding hydrogens is 254 g/mol. The molecule has 0 saturated heterocycles. The minimum atomic E-state index is -0.371. The highest BCUT2D eigenvalue weighted by Crippen LogP contribution is 2.29. The van der Waals surface area contributed by atoms with E-state index in [-0.39, 0.29) is 29.4 Å². The van der Waals surface area contributed by atoms with Crippen LogP contribution in [0.5, 0.6) is 0 Å². The van der Waals surface area contributed by atoms with Gasteiger partial charge in [-0.15, -0.1) is 0 Å². The van der Waals surface area contributed by atoms with Gasteiger partial charge in [-0.3, -0.25) is 9.59 Å². The van der Waals surface area contributed by atoms with E-state index < -0.39 is 0 Å². The van der Waals surface area contributed by atoms with Crippen LogP contribution in [0.3, 0.4) is 0 Å².